The maximum atomic E-state index is 12.1. The van der Waals surface area contributed by atoms with Gasteiger partial charge in [-0.15, -0.1) is 0 Å². The Morgan fingerprint density at radius 3 is 1.29 bits per heavy atom. The van der Waals surface area contributed by atoms with Crippen molar-refractivity contribution in [2.75, 3.05) is 38.7 Å². The van der Waals surface area contributed by atoms with Gasteiger partial charge >= 0.3 is 6.03 Å². The average Bonchev–Trinajstić information content (AvgIpc) is 2.46. The van der Waals surface area contributed by atoms with E-state index >= 15 is 0 Å². The Bertz CT molecular complexity index is 592. The monoisotopic (exact) mass is 382 g/mol. The predicted molar refractivity (Wildman–Crippen MR) is 90.5 cm³/mol. The van der Waals surface area contributed by atoms with E-state index in [1.165, 1.54) is 21.1 Å². The Morgan fingerprint density at radius 2 is 1.04 bits per heavy atom. The van der Waals surface area contributed by atoms with E-state index in [2.05, 4.69) is 10.6 Å². The van der Waals surface area contributed by atoms with Crippen LogP contribution in [-0.4, -0.2) is 82.3 Å². The van der Waals surface area contributed by atoms with Crippen molar-refractivity contribution < 1.29 is 21.6 Å². The highest BCUT2D eigenvalue weighted by atomic mass is 32.2. The second-order valence-electron chi connectivity index (χ2n) is 6.49. The number of amides is 2. The summed E-state index contributed by atoms with van der Waals surface area (Å²) in [7, 11) is -6.33. The molecule has 2 rings (SSSR count). The van der Waals surface area contributed by atoms with Crippen LogP contribution >= 0.6 is 0 Å². The van der Waals surface area contributed by atoms with Gasteiger partial charge in [0, 0.05) is 38.3 Å². The minimum atomic E-state index is -3.17. The highest BCUT2D eigenvalue weighted by Crippen LogP contribution is 2.15. The predicted octanol–water partition coefficient (Wildman–Crippen LogP) is -0.866. The zero-order valence-corrected chi connectivity index (χ0v) is 15.7. The first kappa shape index (κ1) is 19.4. The van der Waals surface area contributed by atoms with Crippen LogP contribution in [0.25, 0.3) is 0 Å². The van der Waals surface area contributed by atoms with E-state index in [1.54, 1.807) is 0 Å². The molecule has 0 unspecified atom stereocenters. The largest absolute Gasteiger partial charge is 0.335 e. The van der Waals surface area contributed by atoms with Crippen molar-refractivity contribution in [3.8, 4) is 0 Å². The summed E-state index contributed by atoms with van der Waals surface area (Å²) in [4.78, 5) is 12.1. The molecule has 24 heavy (non-hydrogen) atoms. The van der Waals surface area contributed by atoms with Crippen LogP contribution in [-0.2, 0) is 20.0 Å². The SMILES string of the molecule is CS(=O)(=O)N1CCC(NC(=O)NC2CCN(S(C)(=O)=O)CC2)CC1. The molecule has 0 atom stereocenters. The molecular formula is C13H26N4O5S2. The fourth-order valence-electron chi connectivity index (χ4n) is 3.08. The Hall–Kier alpha value is -0.910. The number of carbonyl (C=O) groups excluding carboxylic acids is 1. The van der Waals surface area contributed by atoms with Crippen molar-refractivity contribution in [3.05, 3.63) is 0 Å². The standard InChI is InChI=1S/C13H26N4O5S2/c1-23(19,20)16-7-3-11(4-8-16)14-13(18)15-12-5-9-17(10-6-12)24(2,21)22/h11-12H,3-10H2,1-2H3,(H2,14,15,18). The number of rotatable bonds is 4. The van der Waals surface area contributed by atoms with Crippen molar-refractivity contribution >= 4 is 26.1 Å². The van der Waals surface area contributed by atoms with Crippen LogP contribution in [0.3, 0.4) is 0 Å². The van der Waals surface area contributed by atoms with Crippen molar-refractivity contribution in [3.63, 3.8) is 0 Å². The number of urea groups is 1. The summed E-state index contributed by atoms with van der Waals surface area (Å²) in [5, 5.41) is 5.75. The van der Waals surface area contributed by atoms with Gasteiger partial charge in [0.15, 0.2) is 0 Å². The maximum Gasteiger partial charge on any atom is 0.315 e. The second kappa shape index (κ2) is 7.54. The van der Waals surface area contributed by atoms with Crippen molar-refractivity contribution in [1.82, 2.24) is 19.2 Å². The Kier molecular flexibility index (Phi) is 6.10. The molecule has 2 aliphatic rings. The number of hydrogen-bond acceptors (Lipinski definition) is 5. The normalized spacial score (nSPS) is 23.1. The lowest BCUT2D eigenvalue weighted by atomic mass is 10.1. The molecule has 0 aliphatic carbocycles. The Morgan fingerprint density at radius 1 is 0.750 bits per heavy atom. The molecule has 9 nitrogen and oxygen atoms in total. The molecule has 0 bridgehead atoms. The van der Waals surface area contributed by atoms with E-state index in [0.29, 0.717) is 51.9 Å². The van der Waals surface area contributed by atoms with Crippen LogP contribution in [0.5, 0.6) is 0 Å². The molecule has 2 fully saturated rings. The number of carbonyl (C=O) groups is 1. The molecular weight excluding hydrogens is 356 g/mol. The van der Waals surface area contributed by atoms with Crippen molar-refractivity contribution in [2.24, 2.45) is 0 Å². The van der Waals surface area contributed by atoms with E-state index in [0.717, 1.165) is 0 Å². The molecule has 0 spiro atoms. The van der Waals surface area contributed by atoms with Crippen molar-refractivity contribution in [2.45, 2.75) is 37.8 Å². The fraction of sp³-hybridized carbons (Fsp3) is 0.923. The average molecular weight is 383 g/mol. The zero-order chi connectivity index (χ0) is 18.0. The highest BCUT2D eigenvalue weighted by Gasteiger charge is 2.28. The number of nitrogens with zero attached hydrogens (tertiary/aromatic N) is 2. The highest BCUT2D eigenvalue weighted by molar-refractivity contribution is 7.88. The number of sulfonamides is 2. The summed E-state index contributed by atoms with van der Waals surface area (Å²) in [6, 6.07) is -0.358. The van der Waals surface area contributed by atoms with Gasteiger partial charge in [-0.05, 0) is 25.7 Å². The van der Waals surface area contributed by atoms with Gasteiger partial charge in [-0.3, -0.25) is 0 Å². The Balaban J connectivity index is 1.71. The number of hydrogen-bond donors (Lipinski definition) is 2. The third kappa shape index (κ3) is 5.57. The van der Waals surface area contributed by atoms with E-state index in [4.69, 9.17) is 0 Å². The van der Waals surface area contributed by atoms with Gasteiger partial charge in [0.1, 0.15) is 0 Å². The van der Waals surface area contributed by atoms with Gasteiger partial charge in [0.2, 0.25) is 20.0 Å². The van der Waals surface area contributed by atoms with Gasteiger partial charge in [-0.1, -0.05) is 0 Å². The third-order valence-electron chi connectivity index (χ3n) is 4.52. The Labute approximate surface area is 143 Å². The molecule has 0 aromatic heterocycles. The fourth-order valence-corrected chi connectivity index (χ4v) is 4.82. The van der Waals surface area contributed by atoms with Crippen LogP contribution in [0.4, 0.5) is 4.79 Å². The molecule has 11 heteroatoms. The molecule has 0 aromatic carbocycles. The van der Waals surface area contributed by atoms with Gasteiger partial charge < -0.3 is 10.6 Å². The first-order valence-electron chi connectivity index (χ1n) is 8.03. The van der Waals surface area contributed by atoms with Gasteiger partial charge in [0.25, 0.3) is 0 Å². The number of nitrogens with one attached hydrogen (secondary N) is 2. The minimum absolute atomic E-state index is 0.0425. The molecule has 2 aliphatic heterocycles. The first-order chi connectivity index (χ1) is 11.1. The lowest BCUT2D eigenvalue weighted by Crippen LogP contribution is -2.52. The molecule has 0 saturated carbocycles. The molecule has 140 valence electrons. The summed E-state index contributed by atoms with van der Waals surface area (Å²) in [5.41, 5.74) is 0. The summed E-state index contributed by atoms with van der Waals surface area (Å²) >= 11 is 0. The van der Waals surface area contributed by atoms with E-state index < -0.39 is 20.0 Å². The van der Waals surface area contributed by atoms with Crippen LogP contribution in [0.2, 0.25) is 0 Å². The van der Waals surface area contributed by atoms with Crippen molar-refractivity contribution in [1.29, 1.82) is 0 Å². The second-order valence-corrected chi connectivity index (χ2v) is 10.5. The van der Waals surface area contributed by atoms with Crippen LogP contribution in [0.1, 0.15) is 25.7 Å². The van der Waals surface area contributed by atoms with E-state index in [1.807, 2.05) is 0 Å². The van der Waals surface area contributed by atoms with E-state index in [9.17, 15) is 21.6 Å². The lowest BCUT2D eigenvalue weighted by Gasteiger charge is -2.33. The summed E-state index contributed by atoms with van der Waals surface area (Å²) in [6.45, 7) is 1.65. The molecule has 0 radical (unpaired) electrons. The maximum absolute atomic E-state index is 12.1. The lowest BCUT2D eigenvalue weighted by molar-refractivity contribution is 0.216. The smallest absolute Gasteiger partial charge is 0.315 e. The van der Waals surface area contributed by atoms with Gasteiger partial charge in [-0.25, -0.2) is 30.2 Å². The van der Waals surface area contributed by atoms with Crippen LogP contribution in [0, 0.1) is 0 Å². The topological polar surface area (TPSA) is 116 Å². The number of piperidine rings is 2. The van der Waals surface area contributed by atoms with E-state index in [-0.39, 0.29) is 18.1 Å². The molecule has 2 heterocycles. The molecule has 0 aromatic rings. The summed E-state index contributed by atoms with van der Waals surface area (Å²) in [6.07, 6.45) is 4.74. The minimum Gasteiger partial charge on any atom is -0.335 e. The molecule has 2 amide bonds. The quantitative estimate of drug-likeness (QED) is 0.656. The third-order valence-corrected chi connectivity index (χ3v) is 7.12. The summed E-state index contributed by atoms with van der Waals surface area (Å²) < 4.78 is 48.7. The molecule has 2 N–H and O–H groups in total. The van der Waals surface area contributed by atoms with Gasteiger partial charge in [-0.2, -0.15) is 0 Å². The summed E-state index contributed by atoms with van der Waals surface area (Å²) in [5.74, 6) is 0. The first-order valence-corrected chi connectivity index (χ1v) is 11.7. The van der Waals surface area contributed by atoms with Crippen LogP contribution < -0.4 is 10.6 Å². The molecule has 2 saturated heterocycles. The zero-order valence-electron chi connectivity index (χ0n) is 14.1. The van der Waals surface area contributed by atoms with Gasteiger partial charge in [0.05, 0.1) is 12.5 Å². The van der Waals surface area contributed by atoms with Crippen LogP contribution in [0.15, 0.2) is 0 Å².